The average molecular weight is 177 g/mol. The lowest BCUT2D eigenvalue weighted by molar-refractivity contribution is 0.357. The third-order valence-corrected chi connectivity index (χ3v) is 2.50. The minimum atomic E-state index is 0.00639. The van der Waals surface area contributed by atoms with Gasteiger partial charge in [-0.05, 0) is 18.9 Å². The number of aliphatic hydroxyl groups is 1. The summed E-state index contributed by atoms with van der Waals surface area (Å²) >= 11 is 0. The summed E-state index contributed by atoms with van der Waals surface area (Å²) in [5.41, 5.74) is 0. The molecule has 0 amide bonds. The molecule has 0 aliphatic rings. The highest BCUT2D eigenvalue weighted by Gasteiger charge is 2.04. The van der Waals surface area contributed by atoms with E-state index in [1.165, 1.54) is 0 Å². The van der Waals surface area contributed by atoms with Gasteiger partial charge in [0.15, 0.2) is 0 Å². The van der Waals surface area contributed by atoms with Crippen molar-refractivity contribution in [2.75, 3.05) is 25.6 Å². The van der Waals surface area contributed by atoms with Gasteiger partial charge in [-0.2, -0.15) is 10.5 Å². The Morgan fingerprint density at radius 1 is 1.36 bits per heavy atom. The van der Waals surface area contributed by atoms with Crippen molar-refractivity contribution in [3.8, 4) is 0 Å². The van der Waals surface area contributed by atoms with E-state index in [0.717, 1.165) is 19.5 Å². The van der Waals surface area contributed by atoms with E-state index < -0.39 is 0 Å². The molecule has 0 heterocycles. The first-order valence-electron chi connectivity index (χ1n) is 4.01. The summed E-state index contributed by atoms with van der Waals surface area (Å²) in [5.74, 6) is 0. The molecule has 0 spiro atoms. The molecule has 0 aromatic heterocycles. The molecule has 1 N–H and O–H groups in total. The summed E-state index contributed by atoms with van der Waals surface area (Å²) in [7, 11) is 0.00639. The zero-order valence-electron chi connectivity index (χ0n) is 7.92. The minimum absolute atomic E-state index is 0.00639. The molecule has 0 unspecified atom stereocenters. The van der Waals surface area contributed by atoms with Gasteiger partial charge in [0.2, 0.25) is 0 Å². The number of rotatable bonds is 3. The summed E-state index contributed by atoms with van der Waals surface area (Å²) in [5, 5.41) is 10.1. The van der Waals surface area contributed by atoms with E-state index in [2.05, 4.69) is 13.8 Å². The topological polar surface area (TPSA) is 23.5 Å². The van der Waals surface area contributed by atoms with Crippen LogP contribution in [0.1, 0.15) is 20.3 Å². The Morgan fingerprint density at radius 2 is 1.91 bits per heavy atom. The molecular formula is C8H19NOS. The number of hydrogen-bond donors (Lipinski definition) is 1. The number of hydrogen-bond acceptors (Lipinski definition) is 0. The molecule has 0 aliphatic heterocycles. The zero-order valence-corrected chi connectivity index (χ0v) is 8.74. The maximum atomic E-state index is 9.57. The van der Waals surface area contributed by atoms with Crippen LogP contribution in [0.25, 0.3) is 0 Å². The van der Waals surface area contributed by atoms with Crippen molar-refractivity contribution in [3.05, 3.63) is 0 Å². The van der Waals surface area contributed by atoms with E-state index in [4.69, 9.17) is 0 Å². The van der Waals surface area contributed by atoms with Crippen molar-refractivity contribution in [1.29, 1.82) is 0 Å². The van der Waals surface area contributed by atoms with Crippen LogP contribution in [0.15, 0.2) is 0 Å². The Balaban J connectivity index is 4.14. The van der Waals surface area contributed by atoms with E-state index >= 15 is 0 Å². The maximum absolute atomic E-state index is 9.57. The summed E-state index contributed by atoms with van der Waals surface area (Å²) in [6.45, 7) is 6.07. The Labute approximate surface area is 72.1 Å². The van der Waals surface area contributed by atoms with Crippen molar-refractivity contribution >= 4 is 15.7 Å². The summed E-state index contributed by atoms with van der Waals surface area (Å²) in [6.07, 6.45) is 5.16. The summed E-state index contributed by atoms with van der Waals surface area (Å²) < 4.78 is 0. The molecule has 11 heavy (non-hydrogen) atoms. The summed E-state index contributed by atoms with van der Waals surface area (Å²) in [4.78, 5) is 2.03. The molecule has 0 aromatic rings. The molecule has 2 nitrogen and oxygen atoms in total. The van der Waals surface area contributed by atoms with Gasteiger partial charge in [-0.1, -0.05) is 13.8 Å². The quantitative estimate of drug-likeness (QED) is 0.665. The van der Waals surface area contributed by atoms with Crippen LogP contribution in [0, 0.1) is 0 Å². The Morgan fingerprint density at radius 3 is 2.18 bits per heavy atom. The molecule has 0 bridgehead atoms. The molecule has 0 aliphatic carbocycles. The minimum Gasteiger partial charge on any atom is -0.346 e. The lowest BCUT2D eigenvalue weighted by Crippen LogP contribution is -2.31. The maximum Gasteiger partial charge on any atom is 0.145 e. The molecule has 0 radical (unpaired) electrons. The fourth-order valence-corrected chi connectivity index (χ4v) is 1.65. The molecule has 0 aromatic carbocycles. The standard InChI is InChI=1S/C8H19NOS/c1-5-7-9(6-2)8(10)11(3)4/h10H,5-7H2,1-4H3. The molecule has 0 rings (SSSR count). The van der Waals surface area contributed by atoms with Gasteiger partial charge in [-0.3, -0.25) is 4.90 Å². The predicted molar refractivity (Wildman–Crippen MR) is 54.6 cm³/mol. The lowest BCUT2D eigenvalue weighted by Gasteiger charge is -2.19. The van der Waals surface area contributed by atoms with Crippen LogP contribution in [-0.2, 0) is 0 Å². The molecular weight excluding hydrogens is 158 g/mol. The van der Waals surface area contributed by atoms with Crippen LogP contribution >= 0.6 is 10.5 Å². The van der Waals surface area contributed by atoms with Gasteiger partial charge in [0.05, 0.1) is 0 Å². The first kappa shape index (κ1) is 11.1. The average Bonchev–Trinajstić information content (AvgIpc) is 1.98. The highest BCUT2D eigenvalue weighted by atomic mass is 32.2. The first-order chi connectivity index (χ1) is 5.13. The van der Waals surface area contributed by atoms with Crippen LogP contribution in [0.2, 0.25) is 0 Å². The second kappa shape index (κ2) is 5.75. The van der Waals surface area contributed by atoms with Crippen molar-refractivity contribution in [2.45, 2.75) is 20.3 Å². The fourth-order valence-electron chi connectivity index (χ4n) is 0.917. The molecule has 0 atom stereocenters. The largest absolute Gasteiger partial charge is 0.346 e. The number of aliphatic hydroxyl groups excluding tert-OH is 1. The summed E-state index contributed by atoms with van der Waals surface area (Å²) in [6, 6.07) is 0. The Kier molecular flexibility index (Phi) is 5.82. The van der Waals surface area contributed by atoms with Crippen molar-refractivity contribution in [2.24, 2.45) is 0 Å². The van der Waals surface area contributed by atoms with Gasteiger partial charge < -0.3 is 5.11 Å². The number of nitrogens with zero attached hydrogens (tertiary/aromatic N) is 1. The van der Waals surface area contributed by atoms with Crippen LogP contribution in [0.5, 0.6) is 0 Å². The SMILES string of the molecule is CCCN(CC)C(O)=S(C)C. The zero-order chi connectivity index (χ0) is 8.85. The molecule has 3 heteroatoms. The lowest BCUT2D eigenvalue weighted by atomic mass is 10.4. The van der Waals surface area contributed by atoms with Gasteiger partial charge in [0, 0.05) is 13.1 Å². The van der Waals surface area contributed by atoms with E-state index in [-0.39, 0.29) is 10.5 Å². The van der Waals surface area contributed by atoms with E-state index in [1.54, 1.807) is 0 Å². The van der Waals surface area contributed by atoms with Crippen LogP contribution in [0.3, 0.4) is 0 Å². The van der Waals surface area contributed by atoms with Crippen molar-refractivity contribution < 1.29 is 5.11 Å². The van der Waals surface area contributed by atoms with Crippen LogP contribution in [-0.4, -0.2) is 40.8 Å². The second-order valence-electron chi connectivity index (χ2n) is 2.68. The van der Waals surface area contributed by atoms with Gasteiger partial charge >= 0.3 is 0 Å². The molecule has 0 saturated heterocycles. The van der Waals surface area contributed by atoms with E-state index in [1.807, 2.05) is 17.4 Å². The third-order valence-electron chi connectivity index (χ3n) is 1.51. The smallest absolute Gasteiger partial charge is 0.145 e. The van der Waals surface area contributed by atoms with Crippen molar-refractivity contribution in [1.82, 2.24) is 4.90 Å². The highest BCUT2D eigenvalue weighted by molar-refractivity contribution is 8.14. The first-order valence-corrected chi connectivity index (χ1v) is 6.06. The van der Waals surface area contributed by atoms with Gasteiger partial charge in [-0.15, -0.1) is 0 Å². The highest BCUT2D eigenvalue weighted by Crippen LogP contribution is 2.05. The molecule has 68 valence electrons. The fraction of sp³-hybridized carbons (Fsp3) is 0.875. The monoisotopic (exact) mass is 177 g/mol. The Bertz CT molecular complexity index is 141. The van der Waals surface area contributed by atoms with E-state index in [9.17, 15) is 5.11 Å². The van der Waals surface area contributed by atoms with Gasteiger partial charge in [0.25, 0.3) is 0 Å². The van der Waals surface area contributed by atoms with Crippen molar-refractivity contribution in [3.63, 3.8) is 0 Å². The van der Waals surface area contributed by atoms with Crippen LogP contribution in [0.4, 0.5) is 0 Å². The second-order valence-corrected chi connectivity index (χ2v) is 4.68. The normalized spacial score (nSPS) is 11.2. The van der Waals surface area contributed by atoms with E-state index in [0.29, 0.717) is 5.17 Å². The van der Waals surface area contributed by atoms with Crippen LogP contribution < -0.4 is 0 Å². The van der Waals surface area contributed by atoms with Gasteiger partial charge in [-0.25, -0.2) is 0 Å². The Hall–Kier alpha value is 0.140. The molecule has 0 fully saturated rings. The van der Waals surface area contributed by atoms with Gasteiger partial charge in [0.1, 0.15) is 5.17 Å². The predicted octanol–water partition coefficient (Wildman–Crippen LogP) is 1.89. The third kappa shape index (κ3) is 3.89. The molecule has 0 saturated carbocycles.